The molecule has 4 aromatic carbocycles. The molecule has 2 aliphatic heterocycles. The fourth-order valence-corrected chi connectivity index (χ4v) is 9.44. The molecule has 2 N–H and O–H groups in total. The van der Waals surface area contributed by atoms with Gasteiger partial charge in [-0.1, -0.05) is 35.9 Å². The third kappa shape index (κ3) is 4.96. The highest BCUT2D eigenvalue weighted by atomic mass is 35.5. The molecule has 8 rings (SSSR count). The normalized spacial score (nSPS) is 27.2. The second-order valence-corrected chi connectivity index (χ2v) is 14.9. The average molecular weight is 799 g/mol. The van der Waals surface area contributed by atoms with E-state index in [4.69, 9.17) is 27.9 Å². The molecular weight excluding hydrogens is 772 g/mol. The van der Waals surface area contributed by atoms with Gasteiger partial charge in [-0.3, -0.25) is 24.1 Å². The van der Waals surface area contributed by atoms with Gasteiger partial charge in [0.1, 0.15) is 17.2 Å². The lowest BCUT2D eigenvalue weighted by atomic mass is 9.56. The molecule has 1 saturated carbocycles. The first kappa shape index (κ1) is 36.5. The second-order valence-electron chi connectivity index (χ2n) is 13.6. The first-order chi connectivity index (χ1) is 26.2. The summed E-state index contributed by atoms with van der Waals surface area (Å²) >= 11 is 14.3. The maximum Gasteiger partial charge on any atom is 0.258 e. The highest BCUT2D eigenvalue weighted by Crippen LogP contribution is 2.67. The minimum Gasteiger partial charge on any atom is -0.508 e. The maximum absolute atomic E-state index is 15.3. The molecule has 4 aromatic rings. The van der Waals surface area contributed by atoms with Crippen LogP contribution in [0.3, 0.4) is 0 Å². The Hall–Kier alpha value is -5.47. The van der Waals surface area contributed by atoms with Crippen LogP contribution in [0, 0.1) is 46.8 Å². The number of nitrogens with one attached hydrogen (secondary N) is 1. The number of ether oxygens (including phenoxy) is 1. The van der Waals surface area contributed by atoms with Gasteiger partial charge < -0.3 is 15.2 Å². The van der Waals surface area contributed by atoms with Crippen molar-refractivity contribution >= 4 is 69.6 Å². The zero-order valence-electron chi connectivity index (χ0n) is 28.3. The number of amides is 4. The number of methoxy groups -OCH3 is 1. The molecule has 2 aliphatic carbocycles. The zero-order valence-corrected chi connectivity index (χ0v) is 29.8. The molecule has 0 spiro atoms. The summed E-state index contributed by atoms with van der Waals surface area (Å²) in [6, 6.07) is 19.7. The molecule has 55 heavy (non-hydrogen) atoms. The number of benzene rings is 4. The van der Waals surface area contributed by atoms with Crippen LogP contribution in [0.25, 0.3) is 0 Å². The van der Waals surface area contributed by atoms with Gasteiger partial charge in [0.25, 0.3) is 11.8 Å². The van der Waals surface area contributed by atoms with Crippen LogP contribution in [0.4, 0.5) is 44.7 Å². The molecule has 3 fully saturated rings. The summed E-state index contributed by atoms with van der Waals surface area (Å²) in [4.78, 5) is 52.5. The quantitative estimate of drug-likeness (QED) is 0.0516. The summed E-state index contributed by atoms with van der Waals surface area (Å²) < 4.78 is 79.3. The number of hydrogen-bond donors (Lipinski definition) is 2. The van der Waals surface area contributed by atoms with Crippen LogP contribution < -0.4 is 19.9 Å². The number of anilines is 4. The number of phenols is 1. The van der Waals surface area contributed by atoms with Crippen molar-refractivity contribution in [2.24, 2.45) is 17.8 Å². The van der Waals surface area contributed by atoms with Crippen LogP contribution in [0.2, 0.25) is 0 Å². The number of rotatable bonds is 6. The maximum atomic E-state index is 15.3. The molecule has 6 atom stereocenters. The zero-order chi connectivity index (χ0) is 39.3. The summed E-state index contributed by atoms with van der Waals surface area (Å²) in [7, 11) is 1.22. The van der Waals surface area contributed by atoms with Gasteiger partial charge in [-0.25, -0.2) is 26.9 Å². The predicted octanol–water partition coefficient (Wildman–Crippen LogP) is 7.61. The van der Waals surface area contributed by atoms with E-state index in [1.54, 1.807) is 24.3 Å². The van der Waals surface area contributed by atoms with Gasteiger partial charge >= 0.3 is 0 Å². The van der Waals surface area contributed by atoms with Gasteiger partial charge in [-0.15, -0.1) is 23.2 Å². The van der Waals surface area contributed by atoms with Crippen molar-refractivity contribution in [3.05, 3.63) is 119 Å². The number of alkyl halides is 2. The topological polar surface area (TPSA) is 116 Å². The largest absolute Gasteiger partial charge is 0.508 e. The highest BCUT2D eigenvalue weighted by Gasteiger charge is 2.77. The Kier molecular flexibility index (Phi) is 8.50. The highest BCUT2D eigenvalue weighted by molar-refractivity contribution is 6.58. The van der Waals surface area contributed by atoms with E-state index in [0.29, 0.717) is 5.69 Å². The number of carbonyl (C=O) groups excluding carboxylic acids is 4. The standard InChI is InChI=1S/C39H26Cl2F5N3O6/c1-55-24-9-5-8-23(50)26(24)27-20-14-15-21-25(35(52)48(34(21)51)19-12-10-18(11-13-19)47-17-6-3-2-4-7-17)22(20)16-38(40)36(53)49(37(54)39(27,38)41)33-31(45)29(43)28(42)30(44)32(33)46/h2-14,21-22,25,27,47,50H,15-16H2,1H3. The smallest absolute Gasteiger partial charge is 0.258 e. The van der Waals surface area contributed by atoms with Crippen LogP contribution in [0.1, 0.15) is 24.3 Å². The van der Waals surface area contributed by atoms with Gasteiger partial charge in [0, 0.05) is 22.9 Å². The van der Waals surface area contributed by atoms with E-state index in [9.17, 15) is 37.5 Å². The molecule has 2 heterocycles. The third-order valence-corrected chi connectivity index (χ3v) is 12.4. The van der Waals surface area contributed by atoms with Crippen molar-refractivity contribution in [2.75, 3.05) is 22.2 Å². The summed E-state index contributed by atoms with van der Waals surface area (Å²) in [5.74, 6) is -22.7. The fraction of sp³-hybridized carbons (Fsp3) is 0.231. The Labute approximate surface area is 318 Å². The Balaban J connectivity index is 1.25. The molecule has 16 heteroatoms. The molecular formula is C39H26Cl2F5N3O6. The van der Waals surface area contributed by atoms with Crippen LogP contribution in [0.5, 0.6) is 11.5 Å². The number of fused-ring (bicyclic) bond motifs is 4. The number of hydrogen-bond acceptors (Lipinski definition) is 7. The number of carbonyl (C=O) groups is 4. The van der Waals surface area contributed by atoms with Crippen LogP contribution in [0.15, 0.2) is 84.4 Å². The van der Waals surface area contributed by atoms with E-state index in [2.05, 4.69) is 5.32 Å². The van der Waals surface area contributed by atoms with Crippen LogP contribution in [-0.4, -0.2) is 45.6 Å². The van der Waals surface area contributed by atoms with E-state index in [1.807, 2.05) is 30.3 Å². The SMILES string of the molecule is COc1cccc(O)c1C1C2=CCC3C(=O)N(c4ccc(Nc5ccccc5)cc4)C(=O)C3C2CC2(Cl)C(=O)N(c3c(F)c(F)c(F)c(F)c3F)C(=O)C12Cl. The van der Waals surface area contributed by atoms with E-state index in [-0.39, 0.29) is 33.9 Å². The van der Waals surface area contributed by atoms with Gasteiger partial charge in [-0.2, -0.15) is 0 Å². The third-order valence-electron chi connectivity index (χ3n) is 11.0. The number of phenolic OH excluding ortho intramolecular Hbond substituents is 1. The number of imide groups is 2. The van der Waals surface area contributed by atoms with Crippen molar-refractivity contribution in [3.63, 3.8) is 0 Å². The van der Waals surface area contributed by atoms with Gasteiger partial charge in [-0.05, 0) is 67.3 Å². The first-order valence-corrected chi connectivity index (χ1v) is 17.6. The van der Waals surface area contributed by atoms with E-state index < -0.39 is 104 Å². The van der Waals surface area contributed by atoms with Crippen molar-refractivity contribution in [1.82, 2.24) is 0 Å². The summed E-state index contributed by atoms with van der Waals surface area (Å²) in [6.45, 7) is 0. The number of aromatic hydroxyl groups is 1. The average Bonchev–Trinajstić information content (AvgIpc) is 3.52. The predicted molar refractivity (Wildman–Crippen MR) is 190 cm³/mol. The number of para-hydroxylation sites is 1. The lowest BCUT2D eigenvalue weighted by Gasteiger charge is -2.50. The van der Waals surface area contributed by atoms with Crippen molar-refractivity contribution in [2.45, 2.75) is 28.5 Å². The van der Waals surface area contributed by atoms with E-state index in [1.165, 1.54) is 31.4 Å². The lowest BCUT2D eigenvalue weighted by molar-refractivity contribution is -0.125. The Bertz CT molecular complexity index is 2350. The first-order valence-electron chi connectivity index (χ1n) is 16.8. The molecule has 0 aromatic heterocycles. The number of nitrogens with zero attached hydrogens (tertiary/aromatic N) is 2. The van der Waals surface area contributed by atoms with Crippen molar-refractivity contribution in [3.8, 4) is 11.5 Å². The van der Waals surface area contributed by atoms with Gasteiger partial charge in [0.2, 0.25) is 17.6 Å². The Morgan fingerprint density at radius 3 is 2.00 bits per heavy atom. The summed E-state index contributed by atoms with van der Waals surface area (Å²) in [6.07, 6.45) is 0.757. The van der Waals surface area contributed by atoms with Crippen LogP contribution >= 0.6 is 23.2 Å². The molecule has 9 nitrogen and oxygen atoms in total. The Morgan fingerprint density at radius 1 is 0.745 bits per heavy atom. The van der Waals surface area contributed by atoms with E-state index >= 15 is 8.78 Å². The molecule has 4 amide bonds. The number of halogens is 7. The molecule has 2 saturated heterocycles. The molecule has 282 valence electrons. The van der Waals surface area contributed by atoms with E-state index in [0.717, 1.165) is 10.6 Å². The lowest BCUT2D eigenvalue weighted by Crippen LogP contribution is -2.60. The summed E-state index contributed by atoms with van der Waals surface area (Å²) in [5.41, 5.74) is -0.260. The minimum absolute atomic E-state index is 0.0800. The molecule has 6 unspecified atom stereocenters. The Morgan fingerprint density at radius 2 is 1.36 bits per heavy atom. The molecule has 0 radical (unpaired) electrons. The fourth-order valence-electron chi connectivity index (χ4n) is 8.52. The van der Waals surface area contributed by atoms with Gasteiger partial charge in [0.05, 0.1) is 24.6 Å². The van der Waals surface area contributed by atoms with Gasteiger partial charge in [0.15, 0.2) is 33.0 Å². The number of allylic oxidation sites excluding steroid dienone is 2. The molecule has 4 aliphatic rings. The van der Waals surface area contributed by atoms with Crippen LogP contribution in [-0.2, 0) is 19.2 Å². The minimum atomic E-state index is -2.82. The second kappa shape index (κ2) is 12.8. The molecule has 0 bridgehead atoms. The monoisotopic (exact) mass is 797 g/mol. The van der Waals surface area contributed by atoms with Crippen molar-refractivity contribution < 1.29 is 51.0 Å². The van der Waals surface area contributed by atoms with Crippen molar-refractivity contribution in [1.29, 1.82) is 0 Å². The summed E-state index contributed by atoms with van der Waals surface area (Å²) in [5, 5.41) is 14.5.